The molecule has 3 amide bonds. The molecule has 8 nitrogen and oxygen atoms in total. The maximum atomic E-state index is 12.6. The van der Waals surface area contributed by atoms with Crippen molar-refractivity contribution in [3.8, 4) is 0 Å². The zero-order valence-electron chi connectivity index (χ0n) is 15.8. The number of imide groups is 1. The molecule has 3 heterocycles. The van der Waals surface area contributed by atoms with E-state index in [1.807, 2.05) is 6.07 Å². The highest BCUT2D eigenvalue weighted by molar-refractivity contribution is 9.10. The second-order valence-corrected chi connectivity index (χ2v) is 8.51. The predicted molar refractivity (Wildman–Crippen MR) is 117 cm³/mol. The Labute approximate surface area is 185 Å². The number of anilines is 2. The van der Waals surface area contributed by atoms with Crippen molar-refractivity contribution in [2.45, 2.75) is 0 Å². The average Bonchev–Trinajstić information content (AvgIpc) is 3.31. The van der Waals surface area contributed by atoms with Crippen LogP contribution in [-0.2, 0) is 14.3 Å². The maximum absolute atomic E-state index is 12.6. The van der Waals surface area contributed by atoms with E-state index in [2.05, 4.69) is 26.1 Å². The third-order valence-corrected chi connectivity index (χ3v) is 5.95. The van der Waals surface area contributed by atoms with Crippen molar-refractivity contribution in [3.05, 3.63) is 51.5 Å². The minimum Gasteiger partial charge on any atom is -0.441 e. The highest BCUT2D eigenvalue weighted by Crippen LogP contribution is 2.33. The van der Waals surface area contributed by atoms with Gasteiger partial charge in [0.15, 0.2) is 5.88 Å². The van der Waals surface area contributed by atoms with Gasteiger partial charge in [0.1, 0.15) is 12.3 Å². The summed E-state index contributed by atoms with van der Waals surface area (Å²) < 4.78 is 12.0. The fourth-order valence-electron chi connectivity index (χ4n) is 3.02. The van der Waals surface area contributed by atoms with Gasteiger partial charge in [-0.15, -0.1) is 0 Å². The number of nitrogens with zero attached hydrogens (tertiary/aromatic N) is 2. The summed E-state index contributed by atoms with van der Waals surface area (Å²) in [5.41, 5.74) is 0.581. The van der Waals surface area contributed by atoms with E-state index in [0.717, 1.165) is 34.2 Å². The Bertz CT molecular complexity index is 998. The highest BCUT2D eigenvalue weighted by Gasteiger charge is 2.36. The molecule has 1 aromatic heterocycles. The molecule has 4 rings (SSSR count). The topological polar surface area (TPSA) is 92.1 Å². The fourth-order valence-corrected chi connectivity index (χ4v) is 4.10. The Morgan fingerprint density at radius 1 is 1.13 bits per heavy atom. The molecule has 2 aliphatic heterocycles. The molecule has 2 aromatic rings. The van der Waals surface area contributed by atoms with Crippen LogP contribution in [-0.4, -0.2) is 54.8 Å². The van der Waals surface area contributed by atoms with Gasteiger partial charge >= 0.3 is 0 Å². The SMILES string of the molecule is O=C(CN1C(=O)SC(=Cc2ccc(N3CCOCC3)o2)C1=O)Nc1ccc(Br)cc1. The lowest BCUT2D eigenvalue weighted by atomic mass is 10.3. The van der Waals surface area contributed by atoms with E-state index < -0.39 is 17.1 Å². The zero-order valence-corrected chi connectivity index (χ0v) is 18.2. The molecule has 2 fully saturated rings. The zero-order chi connectivity index (χ0) is 21.1. The molecule has 1 aromatic carbocycles. The van der Waals surface area contributed by atoms with Crippen LogP contribution >= 0.6 is 27.7 Å². The van der Waals surface area contributed by atoms with Gasteiger partial charge < -0.3 is 19.4 Å². The molecule has 0 radical (unpaired) electrons. The molecule has 2 aliphatic rings. The smallest absolute Gasteiger partial charge is 0.294 e. The van der Waals surface area contributed by atoms with Crippen LogP contribution in [0.4, 0.5) is 16.4 Å². The lowest BCUT2D eigenvalue weighted by molar-refractivity contribution is -0.127. The van der Waals surface area contributed by atoms with Crippen LogP contribution < -0.4 is 10.2 Å². The molecule has 0 spiro atoms. The number of amides is 3. The van der Waals surface area contributed by atoms with E-state index in [4.69, 9.17) is 9.15 Å². The first kappa shape index (κ1) is 20.7. The van der Waals surface area contributed by atoms with Crippen LogP contribution in [0.25, 0.3) is 6.08 Å². The van der Waals surface area contributed by atoms with Crippen LogP contribution in [0, 0.1) is 0 Å². The van der Waals surface area contributed by atoms with Crippen LogP contribution in [0.1, 0.15) is 5.76 Å². The van der Waals surface area contributed by atoms with E-state index in [-0.39, 0.29) is 11.4 Å². The van der Waals surface area contributed by atoms with Crippen molar-refractivity contribution in [1.29, 1.82) is 0 Å². The predicted octanol–water partition coefficient (Wildman–Crippen LogP) is 3.55. The summed E-state index contributed by atoms with van der Waals surface area (Å²) in [4.78, 5) is 40.3. The monoisotopic (exact) mass is 491 g/mol. The van der Waals surface area contributed by atoms with Crippen molar-refractivity contribution in [2.75, 3.05) is 43.1 Å². The summed E-state index contributed by atoms with van der Waals surface area (Å²) in [6, 6.07) is 10.6. The first-order valence-electron chi connectivity index (χ1n) is 9.23. The molecule has 2 saturated heterocycles. The van der Waals surface area contributed by atoms with Gasteiger partial charge in [0.2, 0.25) is 5.91 Å². The normalized spacial score (nSPS) is 18.4. The fraction of sp³-hybridized carbons (Fsp3) is 0.250. The Balaban J connectivity index is 1.40. The molecule has 0 atom stereocenters. The summed E-state index contributed by atoms with van der Waals surface area (Å²) in [6.45, 7) is 2.39. The second-order valence-electron chi connectivity index (χ2n) is 6.60. The largest absolute Gasteiger partial charge is 0.441 e. The summed E-state index contributed by atoms with van der Waals surface area (Å²) in [5, 5.41) is 2.18. The van der Waals surface area contributed by atoms with Crippen LogP contribution in [0.15, 0.2) is 50.2 Å². The van der Waals surface area contributed by atoms with Crippen LogP contribution in [0.3, 0.4) is 0 Å². The van der Waals surface area contributed by atoms with Gasteiger partial charge in [-0.2, -0.15) is 0 Å². The Morgan fingerprint density at radius 2 is 1.87 bits per heavy atom. The number of halogens is 1. The van der Waals surface area contributed by atoms with Crippen LogP contribution in [0.2, 0.25) is 0 Å². The van der Waals surface area contributed by atoms with E-state index in [9.17, 15) is 14.4 Å². The molecular weight excluding hydrogens is 474 g/mol. The Kier molecular flexibility index (Phi) is 6.26. The minimum absolute atomic E-state index is 0.222. The van der Waals surface area contributed by atoms with Crippen molar-refractivity contribution >= 4 is 62.4 Å². The number of hydrogen-bond acceptors (Lipinski definition) is 7. The first-order valence-corrected chi connectivity index (χ1v) is 10.8. The molecule has 0 saturated carbocycles. The van der Waals surface area contributed by atoms with Gasteiger partial charge in [-0.25, -0.2) is 0 Å². The molecule has 156 valence electrons. The van der Waals surface area contributed by atoms with Crippen molar-refractivity contribution in [3.63, 3.8) is 0 Å². The summed E-state index contributed by atoms with van der Waals surface area (Å²) in [6.07, 6.45) is 1.53. The van der Waals surface area contributed by atoms with Gasteiger partial charge in [0.05, 0.1) is 18.1 Å². The third-order valence-electron chi connectivity index (χ3n) is 4.51. The maximum Gasteiger partial charge on any atom is 0.294 e. The van der Waals surface area contributed by atoms with E-state index >= 15 is 0 Å². The summed E-state index contributed by atoms with van der Waals surface area (Å²) >= 11 is 4.11. The van der Waals surface area contributed by atoms with Crippen molar-refractivity contribution in [1.82, 2.24) is 4.90 Å². The number of benzene rings is 1. The van der Waals surface area contributed by atoms with Crippen molar-refractivity contribution in [2.24, 2.45) is 0 Å². The average molecular weight is 492 g/mol. The van der Waals surface area contributed by atoms with E-state index in [0.29, 0.717) is 30.5 Å². The number of morpholine rings is 1. The lowest BCUT2D eigenvalue weighted by Gasteiger charge is -2.26. The van der Waals surface area contributed by atoms with E-state index in [1.165, 1.54) is 6.08 Å². The number of furan rings is 1. The number of hydrogen-bond donors (Lipinski definition) is 1. The first-order chi connectivity index (χ1) is 14.5. The molecule has 10 heteroatoms. The van der Waals surface area contributed by atoms with Gasteiger partial charge in [-0.05, 0) is 42.1 Å². The Morgan fingerprint density at radius 3 is 2.60 bits per heavy atom. The number of carbonyl (C=O) groups excluding carboxylic acids is 3. The third kappa shape index (κ3) is 4.77. The number of carbonyl (C=O) groups is 3. The number of nitrogens with one attached hydrogen (secondary N) is 1. The van der Waals surface area contributed by atoms with Crippen molar-refractivity contribution < 1.29 is 23.5 Å². The van der Waals surface area contributed by atoms with Crippen LogP contribution in [0.5, 0.6) is 0 Å². The standard InChI is InChI=1S/C20H18BrN3O5S/c21-13-1-3-14(4-2-13)22-17(25)12-24-19(26)16(30-20(24)27)11-15-5-6-18(29-15)23-7-9-28-10-8-23/h1-6,11H,7-10,12H2,(H,22,25). The number of ether oxygens (including phenoxy) is 1. The highest BCUT2D eigenvalue weighted by atomic mass is 79.9. The Hall–Kier alpha value is -2.56. The number of rotatable bonds is 5. The summed E-state index contributed by atoms with van der Waals surface area (Å²) in [7, 11) is 0. The molecule has 0 aliphatic carbocycles. The number of thioether (sulfide) groups is 1. The molecule has 0 unspecified atom stereocenters. The molecular formula is C20H18BrN3O5S. The summed E-state index contributed by atoms with van der Waals surface area (Å²) in [5.74, 6) is 0.202. The van der Waals surface area contributed by atoms with Gasteiger partial charge in [0, 0.05) is 35.4 Å². The quantitative estimate of drug-likeness (QED) is 0.639. The lowest BCUT2D eigenvalue weighted by Crippen LogP contribution is -2.36. The minimum atomic E-state index is -0.514. The molecule has 0 bridgehead atoms. The van der Waals surface area contributed by atoms with Gasteiger partial charge in [-0.3, -0.25) is 19.3 Å². The second kappa shape index (κ2) is 9.07. The van der Waals surface area contributed by atoms with Gasteiger partial charge in [-0.1, -0.05) is 15.9 Å². The molecule has 30 heavy (non-hydrogen) atoms. The van der Waals surface area contributed by atoms with Gasteiger partial charge in [0.25, 0.3) is 11.1 Å². The molecule has 1 N–H and O–H groups in total. The van der Waals surface area contributed by atoms with E-state index in [1.54, 1.807) is 30.3 Å².